The van der Waals surface area contributed by atoms with Gasteiger partial charge < -0.3 is 19.1 Å². The van der Waals surface area contributed by atoms with Gasteiger partial charge >= 0.3 is 0 Å². The second-order valence-corrected chi connectivity index (χ2v) is 11.2. The van der Waals surface area contributed by atoms with Crippen LogP contribution in [0.25, 0.3) is 0 Å². The number of fused-ring (bicyclic) bond motifs is 3. The number of thioether (sulfide) groups is 1. The van der Waals surface area contributed by atoms with Crippen molar-refractivity contribution >= 4 is 40.9 Å². The Labute approximate surface area is 224 Å². The van der Waals surface area contributed by atoms with Crippen molar-refractivity contribution < 1.29 is 19.0 Å². The standard InChI is InChI=1S/C28H25Cl2NO4S/c29-23-2-1-3-24(30)27(23)36-15-17-4-6-18(7-5-17)28(32)31-19-8-9-20(31)13-22(12-19)35-21-10-11-25-26(14-21)34-16-33-25/h1-7,10-11,14,19-20,22H,8-9,12-13,15-16H2/t19-,20-/m0/s1. The number of carbonyl (C=O) groups is 1. The minimum absolute atomic E-state index is 0.0861. The summed E-state index contributed by atoms with van der Waals surface area (Å²) in [4.78, 5) is 16.4. The Morgan fingerprint density at radius 3 is 2.36 bits per heavy atom. The van der Waals surface area contributed by atoms with Gasteiger partial charge in [-0.2, -0.15) is 0 Å². The Morgan fingerprint density at radius 2 is 1.64 bits per heavy atom. The summed E-state index contributed by atoms with van der Waals surface area (Å²) >= 11 is 14.2. The van der Waals surface area contributed by atoms with Crippen LogP contribution in [0.2, 0.25) is 10.0 Å². The van der Waals surface area contributed by atoms with E-state index >= 15 is 0 Å². The topological polar surface area (TPSA) is 48.0 Å². The van der Waals surface area contributed by atoms with E-state index in [0.717, 1.165) is 64.7 Å². The number of carbonyl (C=O) groups excluding carboxylic acids is 1. The van der Waals surface area contributed by atoms with E-state index in [9.17, 15) is 4.79 Å². The summed E-state index contributed by atoms with van der Waals surface area (Å²) in [6.07, 6.45) is 3.80. The number of ether oxygens (including phenoxy) is 3. The molecular formula is C28H25Cl2NO4S. The van der Waals surface area contributed by atoms with Crippen LogP contribution < -0.4 is 14.2 Å². The van der Waals surface area contributed by atoms with Crippen LogP contribution in [0.4, 0.5) is 0 Å². The monoisotopic (exact) mass is 541 g/mol. The molecule has 2 saturated heterocycles. The molecule has 0 aromatic heterocycles. The maximum Gasteiger partial charge on any atom is 0.254 e. The van der Waals surface area contributed by atoms with Crippen molar-refractivity contribution in [2.24, 2.45) is 0 Å². The van der Waals surface area contributed by atoms with E-state index in [1.807, 2.05) is 60.7 Å². The Morgan fingerprint density at radius 1 is 0.944 bits per heavy atom. The van der Waals surface area contributed by atoms with Crippen LogP contribution >= 0.6 is 35.0 Å². The summed E-state index contributed by atoms with van der Waals surface area (Å²) in [5.41, 5.74) is 1.85. The molecule has 0 unspecified atom stereocenters. The van der Waals surface area contributed by atoms with Gasteiger partial charge in [0.05, 0.1) is 10.0 Å². The SMILES string of the molecule is O=C(c1ccc(CSc2c(Cl)cccc2Cl)cc1)N1[C@H]2CC[C@H]1CC(Oc1ccc3c(c1)OCO3)C2. The van der Waals surface area contributed by atoms with Gasteiger partial charge in [-0.3, -0.25) is 4.79 Å². The molecule has 8 heteroatoms. The molecule has 3 aliphatic rings. The molecule has 0 N–H and O–H groups in total. The first kappa shape index (κ1) is 23.8. The van der Waals surface area contributed by atoms with Crippen LogP contribution in [0.15, 0.2) is 65.6 Å². The fourth-order valence-corrected chi connectivity index (χ4v) is 7.01. The van der Waals surface area contributed by atoms with Crippen molar-refractivity contribution in [1.82, 2.24) is 4.90 Å². The van der Waals surface area contributed by atoms with E-state index in [0.29, 0.717) is 10.0 Å². The molecule has 3 aromatic rings. The third kappa shape index (κ3) is 4.74. The molecule has 0 radical (unpaired) electrons. The third-order valence-electron chi connectivity index (χ3n) is 7.07. The maximum atomic E-state index is 13.4. The number of nitrogens with zero attached hydrogens (tertiary/aromatic N) is 1. The maximum absolute atomic E-state index is 13.4. The first-order chi connectivity index (χ1) is 17.5. The van der Waals surface area contributed by atoms with Crippen molar-refractivity contribution in [3.63, 3.8) is 0 Å². The zero-order valence-electron chi connectivity index (χ0n) is 19.5. The zero-order valence-corrected chi connectivity index (χ0v) is 21.8. The lowest BCUT2D eigenvalue weighted by Crippen LogP contribution is -2.49. The molecule has 0 aliphatic carbocycles. The van der Waals surface area contributed by atoms with Crippen LogP contribution in [0.3, 0.4) is 0 Å². The van der Waals surface area contributed by atoms with E-state index in [2.05, 4.69) is 4.90 Å². The largest absolute Gasteiger partial charge is 0.490 e. The van der Waals surface area contributed by atoms with E-state index in [4.69, 9.17) is 37.4 Å². The lowest BCUT2D eigenvalue weighted by molar-refractivity contribution is 0.0358. The molecule has 3 aliphatic heterocycles. The minimum Gasteiger partial charge on any atom is -0.490 e. The molecule has 5 nitrogen and oxygen atoms in total. The normalized spacial score (nSPS) is 22.1. The van der Waals surface area contributed by atoms with Crippen molar-refractivity contribution in [1.29, 1.82) is 0 Å². The second-order valence-electron chi connectivity index (χ2n) is 9.36. The molecule has 0 saturated carbocycles. The highest BCUT2D eigenvalue weighted by atomic mass is 35.5. The van der Waals surface area contributed by atoms with E-state index < -0.39 is 0 Å². The first-order valence-corrected chi connectivity index (χ1v) is 13.8. The fourth-order valence-electron chi connectivity index (χ4n) is 5.37. The lowest BCUT2D eigenvalue weighted by Gasteiger charge is -2.39. The predicted molar refractivity (Wildman–Crippen MR) is 142 cm³/mol. The molecule has 2 atom stereocenters. The third-order valence-corrected chi connectivity index (χ3v) is 9.13. The molecule has 3 heterocycles. The molecule has 186 valence electrons. The highest BCUT2D eigenvalue weighted by molar-refractivity contribution is 7.98. The molecule has 2 bridgehead atoms. The van der Waals surface area contributed by atoms with E-state index in [-0.39, 0.29) is 30.9 Å². The van der Waals surface area contributed by atoms with Crippen LogP contribution in [-0.2, 0) is 5.75 Å². The van der Waals surface area contributed by atoms with Gasteiger partial charge in [0.25, 0.3) is 5.91 Å². The number of rotatable bonds is 6. The molecule has 3 aromatic carbocycles. The van der Waals surface area contributed by atoms with E-state index in [1.54, 1.807) is 11.8 Å². The Bertz CT molecular complexity index is 1250. The quantitative estimate of drug-likeness (QED) is 0.308. The van der Waals surface area contributed by atoms with Crippen molar-refractivity contribution in [2.75, 3.05) is 6.79 Å². The average molecular weight is 542 g/mol. The molecule has 2 fully saturated rings. The van der Waals surface area contributed by atoms with Crippen LogP contribution in [0.1, 0.15) is 41.6 Å². The van der Waals surface area contributed by atoms with Crippen molar-refractivity contribution in [3.05, 3.63) is 81.8 Å². The van der Waals surface area contributed by atoms with Gasteiger partial charge in [0.2, 0.25) is 6.79 Å². The summed E-state index contributed by atoms with van der Waals surface area (Å²) in [6.45, 7) is 0.249. The van der Waals surface area contributed by atoms with Gasteiger partial charge in [0.1, 0.15) is 11.9 Å². The summed E-state index contributed by atoms with van der Waals surface area (Å²) in [5.74, 6) is 3.10. The number of piperidine rings is 1. The van der Waals surface area contributed by atoms with Crippen LogP contribution in [0, 0.1) is 0 Å². The predicted octanol–water partition coefficient (Wildman–Crippen LogP) is 7.23. The second kappa shape index (κ2) is 10.1. The highest BCUT2D eigenvalue weighted by Crippen LogP contribution is 2.41. The average Bonchev–Trinajstić information content (AvgIpc) is 3.45. The van der Waals surface area contributed by atoms with Crippen LogP contribution in [-0.4, -0.2) is 35.8 Å². The van der Waals surface area contributed by atoms with Crippen molar-refractivity contribution in [3.8, 4) is 17.2 Å². The lowest BCUT2D eigenvalue weighted by atomic mass is 9.98. The van der Waals surface area contributed by atoms with Gasteiger partial charge in [-0.25, -0.2) is 0 Å². The zero-order chi connectivity index (χ0) is 24.6. The Kier molecular flexibility index (Phi) is 6.67. The minimum atomic E-state index is 0.0861. The van der Waals surface area contributed by atoms with Gasteiger partial charge in [-0.15, -0.1) is 11.8 Å². The first-order valence-electron chi connectivity index (χ1n) is 12.1. The highest BCUT2D eigenvalue weighted by Gasteiger charge is 2.44. The van der Waals surface area contributed by atoms with E-state index in [1.165, 1.54) is 0 Å². The van der Waals surface area contributed by atoms with Gasteiger partial charge in [-0.1, -0.05) is 41.4 Å². The summed E-state index contributed by atoms with van der Waals surface area (Å²) in [6, 6.07) is 19.5. The number of halogens is 2. The summed E-state index contributed by atoms with van der Waals surface area (Å²) in [7, 11) is 0. The van der Waals surface area contributed by atoms with Gasteiger partial charge in [-0.05, 0) is 54.8 Å². The van der Waals surface area contributed by atoms with Gasteiger partial charge in [0.15, 0.2) is 11.5 Å². The van der Waals surface area contributed by atoms with Gasteiger partial charge in [0, 0.05) is 47.2 Å². The number of amides is 1. The van der Waals surface area contributed by atoms with Crippen molar-refractivity contribution in [2.45, 2.75) is 54.5 Å². The number of benzene rings is 3. The molecular weight excluding hydrogens is 517 g/mol. The summed E-state index contributed by atoms with van der Waals surface area (Å²) in [5, 5.41) is 1.31. The molecule has 1 amide bonds. The Balaban J connectivity index is 1.08. The fraction of sp³-hybridized carbons (Fsp3) is 0.321. The Hall–Kier alpha value is -2.54. The molecule has 0 spiro atoms. The molecule has 36 heavy (non-hydrogen) atoms. The number of hydrogen-bond acceptors (Lipinski definition) is 5. The number of hydrogen-bond donors (Lipinski definition) is 0. The van der Waals surface area contributed by atoms with Crippen LogP contribution in [0.5, 0.6) is 17.2 Å². The molecule has 6 rings (SSSR count). The summed E-state index contributed by atoms with van der Waals surface area (Å²) < 4.78 is 17.2. The smallest absolute Gasteiger partial charge is 0.254 e.